The Balaban J connectivity index is 1.63. The molecule has 0 saturated carbocycles. The molecule has 0 spiro atoms. The van der Waals surface area contributed by atoms with Gasteiger partial charge in [-0.25, -0.2) is 4.68 Å². The topological polar surface area (TPSA) is 64.4 Å². The first-order valence-electron chi connectivity index (χ1n) is 8.88. The number of benzene rings is 2. The molecule has 152 valence electrons. The van der Waals surface area contributed by atoms with E-state index in [4.69, 9.17) is 9.84 Å². The average Bonchev–Trinajstić information content (AvgIpc) is 3.02. The number of nitrogens with zero attached hydrogens (tertiary/aromatic N) is 2. The largest absolute Gasteiger partial charge is 0.493 e. The van der Waals surface area contributed by atoms with E-state index in [1.54, 1.807) is 30.5 Å². The van der Waals surface area contributed by atoms with Crippen molar-refractivity contribution >= 4 is 5.97 Å². The van der Waals surface area contributed by atoms with Crippen LogP contribution in [0, 0.1) is 6.92 Å². The molecule has 0 aliphatic rings. The summed E-state index contributed by atoms with van der Waals surface area (Å²) in [6.45, 7) is 2.18. The number of aliphatic carboxylic acids is 1. The van der Waals surface area contributed by atoms with Gasteiger partial charge in [0.2, 0.25) is 0 Å². The van der Waals surface area contributed by atoms with E-state index in [9.17, 15) is 18.0 Å². The van der Waals surface area contributed by atoms with Crippen LogP contribution in [-0.2, 0) is 23.8 Å². The summed E-state index contributed by atoms with van der Waals surface area (Å²) in [5.41, 5.74) is 2.15. The summed E-state index contributed by atoms with van der Waals surface area (Å²) in [5, 5.41) is 13.2. The second-order valence-electron chi connectivity index (χ2n) is 6.55. The maximum absolute atomic E-state index is 12.7. The Bertz CT molecular complexity index is 995. The Morgan fingerprint density at radius 3 is 2.55 bits per heavy atom. The molecular formula is C21H19F3N2O3. The zero-order chi connectivity index (χ0) is 21.0. The van der Waals surface area contributed by atoms with Gasteiger partial charge in [-0.05, 0) is 54.4 Å². The third kappa shape index (κ3) is 5.37. The molecule has 0 radical (unpaired) electrons. The van der Waals surface area contributed by atoms with Gasteiger partial charge in [-0.2, -0.15) is 18.3 Å². The number of aryl methyl sites for hydroxylation is 1. The highest BCUT2D eigenvalue weighted by molar-refractivity contribution is 5.70. The van der Waals surface area contributed by atoms with E-state index in [1.807, 2.05) is 6.92 Å². The first-order chi connectivity index (χ1) is 13.7. The van der Waals surface area contributed by atoms with Gasteiger partial charge in [0.15, 0.2) is 0 Å². The van der Waals surface area contributed by atoms with E-state index in [-0.39, 0.29) is 6.42 Å². The highest BCUT2D eigenvalue weighted by Crippen LogP contribution is 2.29. The molecule has 0 amide bonds. The van der Waals surface area contributed by atoms with Gasteiger partial charge in [0.05, 0.1) is 30.0 Å². The third-order valence-corrected chi connectivity index (χ3v) is 4.35. The summed E-state index contributed by atoms with van der Waals surface area (Å²) in [7, 11) is 0. The Morgan fingerprint density at radius 2 is 1.90 bits per heavy atom. The highest BCUT2D eigenvalue weighted by atomic mass is 19.4. The van der Waals surface area contributed by atoms with Crippen molar-refractivity contribution in [3.63, 3.8) is 0 Å². The van der Waals surface area contributed by atoms with Crippen LogP contribution >= 0.6 is 0 Å². The van der Waals surface area contributed by atoms with Crippen molar-refractivity contribution < 1.29 is 27.8 Å². The minimum atomic E-state index is -4.37. The Kier molecular flexibility index (Phi) is 5.91. The van der Waals surface area contributed by atoms with Crippen LogP contribution in [-0.4, -0.2) is 27.5 Å². The average molecular weight is 404 g/mol. The fourth-order valence-electron chi connectivity index (χ4n) is 2.88. The van der Waals surface area contributed by atoms with Gasteiger partial charge in [0.1, 0.15) is 5.75 Å². The molecule has 3 aromatic rings. The summed E-state index contributed by atoms with van der Waals surface area (Å²) in [6, 6.07) is 11.7. The molecule has 8 heteroatoms. The number of alkyl halides is 3. The van der Waals surface area contributed by atoms with E-state index in [2.05, 4.69) is 5.10 Å². The van der Waals surface area contributed by atoms with Crippen LogP contribution in [0.15, 0.2) is 54.7 Å². The van der Waals surface area contributed by atoms with Crippen molar-refractivity contribution in [1.29, 1.82) is 0 Å². The second-order valence-corrected chi connectivity index (χ2v) is 6.55. The van der Waals surface area contributed by atoms with E-state index in [1.165, 1.54) is 16.8 Å². The van der Waals surface area contributed by atoms with Crippen molar-refractivity contribution in [2.75, 3.05) is 6.61 Å². The van der Waals surface area contributed by atoms with Crippen LogP contribution in [0.5, 0.6) is 5.75 Å². The third-order valence-electron chi connectivity index (χ3n) is 4.35. The molecule has 3 rings (SSSR count). The standard InChI is InChI=1S/C21H19F3N2O3/c1-14-16(9-10-29-19-4-2-3-15(11-19)12-20(27)28)13-26(25-14)18-7-5-17(6-8-18)21(22,23)24/h2-8,11,13H,9-10,12H2,1H3,(H,27,28). The molecule has 0 saturated heterocycles. The molecule has 0 fully saturated rings. The molecular weight excluding hydrogens is 385 g/mol. The number of carboxylic acids is 1. The smallest absolute Gasteiger partial charge is 0.416 e. The lowest BCUT2D eigenvalue weighted by Crippen LogP contribution is -2.05. The van der Waals surface area contributed by atoms with E-state index < -0.39 is 17.7 Å². The zero-order valence-corrected chi connectivity index (χ0v) is 15.6. The van der Waals surface area contributed by atoms with Crippen LogP contribution in [0.1, 0.15) is 22.4 Å². The van der Waals surface area contributed by atoms with Gasteiger partial charge in [0, 0.05) is 12.6 Å². The zero-order valence-electron chi connectivity index (χ0n) is 15.6. The highest BCUT2D eigenvalue weighted by Gasteiger charge is 2.30. The Hall–Kier alpha value is -3.29. The van der Waals surface area contributed by atoms with Gasteiger partial charge >= 0.3 is 12.1 Å². The van der Waals surface area contributed by atoms with Crippen molar-refractivity contribution in [2.24, 2.45) is 0 Å². The fraction of sp³-hybridized carbons (Fsp3) is 0.238. The Labute approximate surface area is 165 Å². The number of carboxylic acid groups (broad SMARTS) is 1. The van der Waals surface area contributed by atoms with Gasteiger partial charge in [-0.15, -0.1) is 0 Å². The minimum Gasteiger partial charge on any atom is -0.493 e. The van der Waals surface area contributed by atoms with Gasteiger partial charge < -0.3 is 9.84 Å². The van der Waals surface area contributed by atoms with Crippen LogP contribution in [0.4, 0.5) is 13.2 Å². The molecule has 0 aliphatic heterocycles. The molecule has 1 N–H and O–H groups in total. The molecule has 1 heterocycles. The summed E-state index contributed by atoms with van der Waals surface area (Å²) < 4.78 is 45.3. The maximum Gasteiger partial charge on any atom is 0.416 e. The van der Waals surface area contributed by atoms with Crippen molar-refractivity contribution in [1.82, 2.24) is 9.78 Å². The summed E-state index contributed by atoms with van der Waals surface area (Å²) in [6.07, 6.45) is -2.13. The van der Waals surface area contributed by atoms with E-state index >= 15 is 0 Å². The quantitative estimate of drug-likeness (QED) is 0.632. The SMILES string of the molecule is Cc1nn(-c2ccc(C(F)(F)F)cc2)cc1CCOc1cccc(CC(=O)O)c1. The molecule has 0 bridgehead atoms. The van der Waals surface area contributed by atoms with Crippen LogP contribution in [0.25, 0.3) is 5.69 Å². The van der Waals surface area contributed by atoms with Crippen LogP contribution < -0.4 is 4.74 Å². The maximum atomic E-state index is 12.7. The number of carbonyl (C=O) groups is 1. The van der Waals surface area contributed by atoms with Gasteiger partial charge in [0.25, 0.3) is 0 Å². The Morgan fingerprint density at radius 1 is 1.17 bits per heavy atom. The van der Waals surface area contributed by atoms with Gasteiger partial charge in [-0.1, -0.05) is 12.1 Å². The number of rotatable bonds is 7. The number of hydrogen-bond acceptors (Lipinski definition) is 3. The summed E-state index contributed by atoms with van der Waals surface area (Å²) >= 11 is 0. The molecule has 0 unspecified atom stereocenters. The first kappa shape index (κ1) is 20.4. The lowest BCUT2D eigenvalue weighted by atomic mass is 10.1. The molecule has 1 aromatic heterocycles. The summed E-state index contributed by atoms with van der Waals surface area (Å²) in [4.78, 5) is 10.8. The number of hydrogen-bond donors (Lipinski definition) is 1. The molecule has 2 aromatic carbocycles. The van der Waals surface area contributed by atoms with Gasteiger partial charge in [-0.3, -0.25) is 4.79 Å². The number of ether oxygens (including phenoxy) is 1. The lowest BCUT2D eigenvalue weighted by Gasteiger charge is -2.07. The summed E-state index contributed by atoms with van der Waals surface area (Å²) in [5.74, 6) is -0.329. The van der Waals surface area contributed by atoms with E-state index in [0.29, 0.717) is 30.0 Å². The molecule has 0 aliphatic carbocycles. The minimum absolute atomic E-state index is 0.0732. The predicted molar refractivity (Wildman–Crippen MR) is 100 cm³/mol. The van der Waals surface area contributed by atoms with Crippen LogP contribution in [0.3, 0.4) is 0 Å². The normalized spacial score (nSPS) is 11.4. The molecule has 0 atom stereocenters. The van der Waals surface area contributed by atoms with E-state index in [0.717, 1.165) is 23.4 Å². The predicted octanol–water partition coefficient (Wildman–Crippen LogP) is 4.45. The number of halogens is 3. The lowest BCUT2D eigenvalue weighted by molar-refractivity contribution is -0.138. The molecule has 29 heavy (non-hydrogen) atoms. The van der Waals surface area contributed by atoms with Crippen molar-refractivity contribution in [3.05, 3.63) is 77.1 Å². The monoisotopic (exact) mass is 404 g/mol. The van der Waals surface area contributed by atoms with Crippen molar-refractivity contribution in [2.45, 2.75) is 25.9 Å². The first-order valence-corrected chi connectivity index (χ1v) is 8.88. The number of aromatic nitrogens is 2. The van der Waals surface area contributed by atoms with Crippen LogP contribution in [0.2, 0.25) is 0 Å². The fourth-order valence-corrected chi connectivity index (χ4v) is 2.88. The van der Waals surface area contributed by atoms with Crippen molar-refractivity contribution in [3.8, 4) is 11.4 Å². The second kappa shape index (κ2) is 8.38. The molecule has 5 nitrogen and oxygen atoms in total.